The quantitative estimate of drug-likeness (QED) is 0.712. The predicted molar refractivity (Wildman–Crippen MR) is 52.6 cm³/mol. The third kappa shape index (κ3) is 4.08. The molecule has 0 bridgehead atoms. The van der Waals surface area contributed by atoms with Crippen molar-refractivity contribution in [2.24, 2.45) is 7.05 Å². The van der Waals surface area contributed by atoms with Crippen LogP contribution in [-0.4, -0.2) is 22.0 Å². The second-order valence-electron chi connectivity index (χ2n) is 4.23. The molecule has 3 nitrogen and oxygen atoms in total. The van der Waals surface area contributed by atoms with E-state index in [-0.39, 0.29) is 5.60 Å². The molecule has 0 atom stereocenters. The standard InChI is InChI=1S/C10H18N2O/c1-10(2,3)13-6-5-9-7-11-12(4)8-9/h7-8H,5-6H2,1-4H3. The van der Waals surface area contributed by atoms with Crippen LogP contribution in [0.5, 0.6) is 0 Å². The Labute approximate surface area is 79.7 Å². The maximum Gasteiger partial charge on any atom is 0.0598 e. The molecule has 0 aromatic carbocycles. The molecule has 0 amide bonds. The zero-order valence-electron chi connectivity index (χ0n) is 8.87. The highest BCUT2D eigenvalue weighted by atomic mass is 16.5. The summed E-state index contributed by atoms with van der Waals surface area (Å²) in [5.41, 5.74) is 1.19. The summed E-state index contributed by atoms with van der Waals surface area (Å²) in [5.74, 6) is 0. The Balaban J connectivity index is 2.28. The van der Waals surface area contributed by atoms with Crippen molar-refractivity contribution in [1.29, 1.82) is 0 Å². The van der Waals surface area contributed by atoms with Gasteiger partial charge in [-0.15, -0.1) is 0 Å². The minimum atomic E-state index is -0.0395. The monoisotopic (exact) mass is 182 g/mol. The maximum atomic E-state index is 5.61. The molecule has 0 saturated carbocycles. The highest BCUT2D eigenvalue weighted by molar-refractivity contribution is 5.03. The van der Waals surface area contributed by atoms with Crippen molar-refractivity contribution in [3.63, 3.8) is 0 Å². The van der Waals surface area contributed by atoms with Gasteiger partial charge in [0.25, 0.3) is 0 Å². The van der Waals surface area contributed by atoms with Gasteiger partial charge in [-0.1, -0.05) is 0 Å². The van der Waals surface area contributed by atoms with Gasteiger partial charge in [0.2, 0.25) is 0 Å². The van der Waals surface area contributed by atoms with Gasteiger partial charge in [0.05, 0.1) is 18.4 Å². The fraction of sp³-hybridized carbons (Fsp3) is 0.700. The number of rotatable bonds is 3. The van der Waals surface area contributed by atoms with E-state index < -0.39 is 0 Å². The van der Waals surface area contributed by atoms with Crippen LogP contribution >= 0.6 is 0 Å². The smallest absolute Gasteiger partial charge is 0.0598 e. The molecule has 3 heteroatoms. The lowest BCUT2D eigenvalue weighted by Crippen LogP contribution is -2.20. The molecule has 1 aromatic rings. The highest BCUT2D eigenvalue weighted by Gasteiger charge is 2.09. The SMILES string of the molecule is Cn1cc(CCOC(C)(C)C)cn1. The Hall–Kier alpha value is -0.830. The molecule has 0 spiro atoms. The molecule has 1 aromatic heterocycles. The maximum absolute atomic E-state index is 5.61. The van der Waals surface area contributed by atoms with E-state index in [2.05, 4.69) is 25.9 Å². The van der Waals surface area contributed by atoms with Crippen molar-refractivity contribution >= 4 is 0 Å². The Kier molecular flexibility index (Phi) is 3.09. The number of nitrogens with zero attached hydrogens (tertiary/aromatic N) is 2. The molecule has 0 aliphatic rings. The Morgan fingerprint density at radius 2 is 2.15 bits per heavy atom. The van der Waals surface area contributed by atoms with Gasteiger partial charge in [0.15, 0.2) is 0 Å². The van der Waals surface area contributed by atoms with Crippen molar-refractivity contribution in [3.05, 3.63) is 18.0 Å². The lowest BCUT2D eigenvalue weighted by molar-refractivity contribution is -0.000980. The summed E-state index contributed by atoms with van der Waals surface area (Å²) < 4.78 is 7.42. The average molecular weight is 182 g/mol. The average Bonchev–Trinajstić information content (AvgIpc) is 2.33. The second-order valence-corrected chi connectivity index (χ2v) is 4.23. The van der Waals surface area contributed by atoms with E-state index in [1.807, 2.05) is 24.1 Å². The summed E-state index contributed by atoms with van der Waals surface area (Å²) in [7, 11) is 1.92. The van der Waals surface area contributed by atoms with Crippen LogP contribution in [0, 0.1) is 0 Å². The summed E-state index contributed by atoms with van der Waals surface area (Å²) in [5, 5.41) is 4.09. The van der Waals surface area contributed by atoms with Crippen LogP contribution in [-0.2, 0) is 18.2 Å². The van der Waals surface area contributed by atoms with E-state index in [1.54, 1.807) is 0 Å². The molecular formula is C10H18N2O. The van der Waals surface area contributed by atoms with E-state index >= 15 is 0 Å². The first-order valence-corrected chi connectivity index (χ1v) is 4.59. The molecule has 1 rings (SSSR count). The van der Waals surface area contributed by atoms with E-state index in [0.29, 0.717) is 0 Å². The molecular weight excluding hydrogens is 164 g/mol. The number of ether oxygens (including phenoxy) is 1. The van der Waals surface area contributed by atoms with Crippen molar-refractivity contribution in [2.75, 3.05) is 6.61 Å². The first-order valence-electron chi connectivity index (χ1n) is 4.59. The molecule has 0 fully saturated rings. The van der Waals surface area contributed by atoms with Crippen LogP contribution in [0.15, 0.2) is 12.4 Å². The topological polar surface area (TPSA) is 27.1 Å². The van der Waals surface area contributed by atoms with Crippen LogP contribution < -0.4 is 0 Å². The summed E-state index contributed by atoms with van der Waals surface area (Å²) >= 11 is 0. The van der Waals surface area contributed by atoms with Crippen molar-refractivity contribution in [3.8, 4) is 0 Å². The van der Waals surface area contributed by atoms with Gasteiger partial charge in [-0.25, -0.2) is 0 Å². The number of aromatic nitrogens is 2. The van der Waals surface area contributed by atoms with Gasteiger partial charge in [-0.05, 0) is 32.8 Å². The van der Waals surface area contributed by atoms with E-state index in [0.717, 1.165) is 13.0 Å². The fourth-order valence-electron chi connectivity index (χ4n) is 1.08. The largest absolute Gasteiger partial charge is 0.376 e. The molecule has 74 valence electrons. The molecule has 0 radical (unpaired) electrons. The van der Waals surface area contributed by atoms with Crippen LogP contribution in [0.25, 0.3) is 0 Å². The molecule has 13 heavy (non-hydrogen) atoms. The van der Waals surface area contributed by atoms with Gasteiger partial charge in [-0.3, -0.25) is 4.68 Å². The Bertz CT molecular complexity index is 260. The molecule has 0 aliphatic carbocycles. The summed E-state index contributed by atoms with van der Waals surface area (Å²) in [6.45, 7) is 6.96. The lowest BCUT2D eigenvalue weighted by atomic mass is 10.2. The summed E-state index contributed by atoms with van der Waals surface area (Å²) in [6.07, 6.45) is 4.84. The molecule has 1 heterocycles. The van der Waals surface area contributed by atoms with Gasteiger partial charge >= 0.3 is 0 Å². The lowest BCUT2D eigenvalue weighted by Gasteiger charge is -2.18. The number of aryl methyl sites for hydroxylation is 1. The molecule has 0 aliphatic heterocycles. The van der Waals surface area contributed by atoms with E-state index in [1.165, 1.54) is 5.56 Å². The van der Waals surface area contributed by atoms with Crippen LogP contribution in [0.4, 0.5) is 0 Å². The highest BCUT2D eigenvalue weighted by Crippen LogP contribution is 2.07. The summed E-state index contributed by atoms with van der Waals surface area (Å²) in [4.78, 5) is 0. The van der Waals surface area contributed by atoms with Crippen LogP contribution in [0.3, 0.4) is 0 Å². The van der Waals surface area contributed by atoms with E-state index in [4.69, 9.17) is 4.74 Å². The van der Waals surface area contributed by atoms with Crippen LogP contribution in [0.1, 0.15) is 26.3 Å². The Morgan fingerprint density at radius 3 is 2.62 bits per heavy atom. The molecule has 0 unspecified atom stereocenters. The molecule has 0 saturated heterocycles. The minimum absolute atomic E-state index is 0.0395. The first-order chi connectivity index (χ1) is 5.97. The van der Waals surface area contributed by atoms with Gasteiger partial charge in [0.1, 0.15) is 0 Å². The Morgan fingerprint density at radius 1 is 1.46 bits per heavy atom. The zero-order valence-corrected chi connectivity index (χ0v) is 8.87. The third-order valence-corrected chi connectivity index (χ3v) is 1.68. The second kappa shape index (κ2) is 3.92. The van der Waals surface area contributed by atoms with Crippen molar-refractivity contribution in [2.45, 2.75) is 32.8 Å². The van der Waals surface area contributed by atoms with Gasteiger partial charge in [-0.2, -0.15) is 5.10 Å². The number of hydrogen-bond donors (Lipinski definition) is 0. The first kappa shape index (κ1) is 10.3. The molecule has 0 N–H and O–H groups in total. The summed E-state index contributed by atoms with van der Waals surface area (Å²) in [6, 6.07) is 0. The third-order valence-electron chi connectivity index (χ3n) is 1.68. The van der Waals surface area contributed by atoms with Crippen LogP contribution in [0.2, 0.25) is 0 Å². The number of hydrogen-bond acceptors (Lipinski definition) is 2. The predicted octanol–water partition coefficient (Wildman–Crippen LogP) is 1.78. The normalized spacial score (nSPS) is 12.0. The van der Waals surface area contributed by atoms with E-state index in [9.17, 15) is 0 Å². The van der Waals surface area contributed by atoms with Crippen molar-refractivity contribution < 1.29 is 4.74 Å². The van der Waals surface area contributed by atoms with Gasteiger partial charge in [0, 0.05) is 13.2 Å². The van der Waals surface area contributed by atoms with Crippen molar-refractivity contribution in [1.82, 2.24) is 9.78 Å². The minimum Gasteiger partial charge on any atom is -0.376 e. The van der Waals surface area contributed by atoms with Gasteiger partial charge < -0.3 is 4.74 Å². The fourth-order valence-corrected chi connectivity index (χ4v) is 1.08. The zero-order chi connectivity index (χ0) is 9.90.